The average Bonchev–Trinajstić information content (AvgIpc) is 2.43. The minimum Gasteiger partial charge on any atom is -0.493 e. The van der Waals surface area contributed by atoms with Gasteiger partial charge in [-0.2, -0.15) is 0 Å². The summed E-state index contributed by atoms with van der Waals surface area (Å²) in [4.78, 5) is 11.5. The van der Waals surface area contributed by atoms with E-state index in [1.54, 1.807) is 19.1 Å². The van der Waals surface area contributed by atoms with Gasteiger partial charge < -0.3 is 19.3 Å². The first-order valence-electron chi connectivity index (χ1n) is 5.59. The topological polar surface area (TPSA) is 65.0 Å². The van der Waals surface area contributed by atoms with Crippen LogP contribution in [0.5, 0.6) is 17.2 Å². The van der Waals surface area contributed by atoms with Crippen molar-refractivity contribution in [2.75, 3.05) is 21.3 Å². The van der Waals surface area contributed by atoms with Gasteiger partial charge in [-0.25, -0.2) is 0 Å². The Hall–Kier alpha value is -1.75. The minimum atomic E-state index is -1.18. The number of Topliss-reactive ketones (excluding diaryl/α,β-unsaturated/α-hetero) is 1. The average molecular weight is 254 g/mol. The van der Waals surface area contributed by atoms with E-state index in [1.165, 1.54) is 21.3 Å². The molecule has 18 heavy (non-hydrogen) atoms. The summed E-state index contributed by atoms with van der Waals surface area (Å²) in [5.41, 5.74) is 0.427. The first kappa shape index (κ1) is 14.3. The molecule has 5 nitrogen and oxygen atoms in total. The SMILES string of the molecule is CCC(=O)C(O)c1cc(OC)c(OC)c(OC)c1. The summed E-state index contributed by atoms with van der Waals surface area (Å²) in [5, 5.41) is 9.89. The van der Waals surface area contributed by atoms with Crippen LogP contribution < -0.4 is 14.2 Å². The van der Waals surface area contributed by atoms with Crippen LogP contribution >= 0.6 is 0 Å². The van der Waals surface area contributed by atoms with Gasteiger partial charge in [-0.15, -0.1) is 0 Å². The number of hydrogen-bond donors (Lipinski definition) is 1. The molecule has 0 aliphatic carbocycles. The Morgan fingerprint density at radius 1 is 1.17 bits per heavy atom. The van der Waals surface area contributed by atoms with Crippen LogP contribution in [0.2, 0.25) is 0 Å². The van der Waals surface area contributed by atoms with E-state index in [2.05, 4.69) is 0 Å². The third-order valence-corrected chi connectivity index (χ3v) is 2.66. The summed E-state index contributed by atoms with van der Waals surface area (Å²) in [6.45, 7) is 1.70. The second-order valence-electron chi connectivity index (χ2n) is 3.68. The number of carbonyl (C=O) groups is 1. The van der Waals surface area contributed by atoms with E-state index in [9.17, 15) is 9.90 Å². The van der Waals surface area contributed by atoms with Crippen molar-refractivity contribution in [2.45, 2.75) is 19.4 Å². The number of benzene rings is 1. The van der Waals surface area contributed by atoms with Crippen LogP contribution in [0.25, 0.3) is 0 Å². The highest BCUT2D eigenvalue weighted by atomic mass is 16.5. The fourth-order valence-electron chi connectivity index (χ4n) is 1.64. The number of ether oxygens (including phenoxy) is 3. The highest BCUT2D eigenvalue weighted by Gasteiger charge is 2.20. The van der Waals surface area contributed by atoms with Crippen molar-refractivity contribution in [3.05, 3.63) is 17.7 Å². The quantitative estimate of drug-likeness (QED) is 0.837. The van der Waals surface area contributed by atoms with Crippen LogP contribution in [0, 0.1) is 0 Å². The summed E-state index contributed by atoms with van der Waals surface area (Å²) < 4.78 is 15.5. The second kappa shape index (κ2) is 6.26. The number of aliphatic hydroxyl groups is 1. The number of methoxy groups -OCH3 is 3. The van der Waals surface area contributed by atoms with Gasteiger partial charge >= 0.3 is 0 Å². The highest BCUT2D eigenvalue weighted by molar-refractivity contribution is 5.84. The van der Waals surface area contributed by atoms with Crippen LogP contribution in [0.4, 0.5) is 0 Å². The molecule has 1 rings (SSSR count). The highest BCUT2D eigenvalue weighted by Crippen LogP contribution is 2.39. The molecule has 0 amide bonds. The molecule has 1 aromatic carbocycles. The number of carbonyl (C=O) groups excluding carboxylic acids is 1. The lowest BCUT2D eigenvalue weighted by molar-refractivity contribution is -0.127. The summed E-state index contributed by atoms with van der Waals surface area (Å²) in [5.74, 6) is 0.994. The zero-order valence-corrected chi connectivity index (χ0v) is 11.0. The van der Waals surface area contributed by atoms with E-state index in [4.69, 9.17) is 14.2 Å². The van der Waals surface area contributed by atoms with E-state index < -0.39 is 6.10 Å². The van der Waals surface area contributed by atoms with Crippen LogP contribution in [-0.2, 0) is 4.79 Å². The van der Waals surface area contributed by atoms with Crippen molar-refractivity contribution in [3.63, 3.8) is 0 Å². The van der Waals surface area contributed by atoms with Crippen molar-refractivity contribution >= 4 is 5.78 Å². The Morgan fingerprint density at radius 2 is 1.67 bits per heavy atom. The van der Waals surface area contributed by atoms with E-state index in [1.807, 2.05) is 0 Å². The lowest BCUT2D eigenvalue weighted by atomic mass is 10.0. The zero-order valence-electron chi connectivity index (χ0n) is 11.0. The van der Waals surface area contributed by atoms with Gasteiger partial charge in [0, 0.05) is 6.42 Å². The van der Waals surface area contributed by atoms with Gasteiger partial charge in [0.05, 0.1) is 21.3 Å². The standard InChI is InChI=1S/C13H18O5/c1-5-9(14)12(15)8-6-10(16-2)13(18-4)11(7-8)17-3/h6-7,12,15H,5H2,1-4H3. The van der Waals surface area contributed by atoms with Crippen molar-refractivity contribution in [1.82, 2.24) is 0 Å². The lowest BCUT2D eigenvalue weighted by Gasteiger charge is -2.16. The van der Waals surface area contributed by atoms with Crippen molar-refractivity contribution in [1.29, 1.82) is 0 Å². The summed E-state index contributed by atoms with van der Waals surface area (Å²) in [6.07, 6.45) is -0.915. The van der Waals surface area contributed by atoms with Crippen LogP contribution in [0.3, 0.4) is 0 Å². The van der Waals surface area contributed by atoms with Gasteiger partial charge in [0.15, 0.2) is 17.3 Å². The van der Waals surface area contributed by atoms with Gasteiger partial charge in [-0.05, 0) is 17.7 Å². The predicted octanol–water partition coefficient (Wildman–Crippen LogP) is 1.72. The molecular weight excluding hydrogens is 236 g/mol. The van der Waals surface area contributed by atoms with Gasteiger partial charge in [-0.3, -0.25) is 4.79 Å². The van der Waals surface area contributed by atoms with Gasteiger partial charge in [0.1, 0.15) is 6.10 Å². The Kier molecular flexibility index (Phi) is 4.97. The number of rotatable bonds is 6. The second-order valence-corrected chi connectivity index (χ2v) is 3.68. The molecule has 0 bridgehead atoms. The van der Waals surface area contributed by atoms with Crippen molar-refractivity contribution in [2.24, 2.45) is 0 Å². The predicted molar refractivity (Wildman–Crippen MR) is 66.4 cm³/mol. The molecular formula is C13H18O5. The van der Waals surface area contributed by atoms with Crippen molar-refractivity contribution < 1.29 is 24.1 Å². The van der Waals surface area contributed by atoms with E-state index >= 15 is 0 Å². The fourth-order valence-corrected chi connectivity index (χ4v) is 1.64. The Labute approximate surface area is 106 Å². The van der Waals surface area contributed by atoms with Crippen LogP contribution in [0.1, 0.15) is 25.0 Å². The Morgan fingerprint density at radius 3 is 2.00 bits per heavy atom. The molecule has 0 aliphatic rings. The lowest BCUT2D eigenvalue weighted by Crippen LogP contribution is -2.11. The van der Waals surface area contributed by atoms with Crippen LogP contribution in [-0.4, -0.2) is 32.2 Å². The molecule has 1 N–H and O–H groups in total. The maximum atomic E-state index is 11.5. The fraction of sp³-hybridized carbons (Fsp3) is 0.462. The molecule has 0 spiro atoms. The number of aliphatic hydroxyl groups excluding tert-OH is 1. The summed E-state index contributed by atoms with van der Waals surface area (Å²) >= 11 is 0. The van der Waals surface area contributed by atoms with Gasteiger partial charge in [0.2, 0.25) is 5.75 Å². The van der Waals surface area contributed by atoms with Crippen molar-refractivity contribution in [3.8, 4) is 17.2 Å². The first-order valence-corrected chi connectivity index (χ1v) is 5.59. The van der Waals surface area contributed by atoms with Gasteiger partial charge in [-0.1, -0.05) is 6.92 Å². The molecule has 0 aromatic heterocycles. The molecule has 0 radical (unpaired) electrons. The summed E-state index contributed by atoms with van der Waals surface area (Å²) in [7, 11) is 4.46. The Bertz CT molecular complexity index is 402. The molecule has 0 fully saturated rings. The molecule has 0 saturated heterocycles. The molecule has 1 aromatic rings. The molecule has 0 saturated carbocycles. The smallest absolute Gasteiger partial charge is 0.203 e. The minimum absolute atomic E-state index is 0.260. The molecule has 0 heterocycles. The number of hydrogen-bond acceptors (Lipinski definition) is 5. The molecule has 1 unspecified atom stereocenters. The van der Waals surface area contributed by atoms with Crippen LogP contribution in [0.15, 0.2) is 12.1 Å². The third-order valence-electron chi connectivity index (χ3n) is 2.66. The number of ketones is 1. The maximum absolute atomic E-state index is 11.5. The van der Waals surface area contributed by atoms with E-state index in [0.717, 1.165) is 0 Å². The zero-order chi connectivity index (χ0) is 13.7. The molecule has 0 aliphatic heterocycles. The van der Waals surface area contributed by atoms with E-state index in [-0.39, 0.29) is 12.2 Å². The largest absolute Gasteiger partial charge is 0.493 e. The van der Waals surface area contributed by atoms with Gasteiger partial charge in [0.25, 0.3) is 0 Å². The third kappa shape index (κ3) is 2.73. The molecule has 100 valence electrons. The Balaban J connectivity index is 3.27. The molecule has 5 heteroatoms. The molecule has 1 atom stereocenters. The van der Waals surface area contributed by atoms with E-state index in [0.29, 0.717) is 22.8 Å². The monoisotopic (exact) mass is 254 g/mol. The summed E-state index contributed by atoms with van der Waals surface area (Å²) in [6, 6.07) is 3.14. The first-order chi connectivity index (χ1) is 8.58. The maximum Gasteiger partial charge on any atom is 0.203 e. The normalized spacial score (nSPS) is 11.8.